The predicted octanol–water partition coefficient (Wildman–Crippen LogP) is 3.49. The van der Waals surface area contributed by atoms with Gasteiger partial charge >= 0.3 is 5.97 Å². The number of carbonyl (C=O) groups excluding carboxylic acids is 3. The predicted molar refractivity (Wildman–Crippen MR) is 113 cm³/mol. The van der Waals surface area contributed by atoms with E-state index in [0.717, 1.165) is 27.3 Å². The van der Waals surface area contributed by atoms with Crippen molar-refractivity contribution in [1.82, 2.24) is 0 Å². The Morgan fingerprint density at radius 1 is 1.21 bits per heavy atom. The van der Waals surface area contributed by atoms with Gasteiger partial charge in [-0.05, 0) is 55.5 Å². The number of benzene rings is 1. The third kappa shape index (κ3) is 4.53. The minimum atomic E-state index is -0.405. The van der Waals surface area contributed by atoms with Crippen LogP contribution in [0.2, 0.25) is 0 Å². The SMILES string of the molecule is CCOC(=O)c1ccc(NC(=O)CSC2=NC(=O)C3C(=N2)SC(C)=C3C)cc1. The fourth-order valence-corrected chi connectivity index (χ4v) is 4.46. The van der Waals surface area contributed by atoms with Gasteiger partial charge in [-0.2, -0.15) is 4.99 Å². The van der Waals surface area contributed by atoms with Crippen LogP contribution < -0.4 is 5.32 Å². The second-order valence-corrected chi connectivity index (χ2v) is 8.27. The number of hydrogen-bond acceptors (Lipinski definition) is 7. The molecule has 2 heterocycles. The lowest BCUT2D eigenvalue weighted by Crippen LogP contribution is -2.24. The largest absolute Gasteiger partial charge is 0.462 e. The van der Waals surface area contributed by atoms with Crippen molar-refractivity contribution in [3.63, 3.8) is 0 Å². The maximum absolute atomic E-state index is 12.2. The molecule has 2 amide bonds. The van der Waals surface area contributed by atoms with Crippen molar-refractivity contribution >= 4 is 57.2 Å². The number of allylic oxidation sites excluding steroid dienone is 1. The van der Waals surface area contributed by atoms with Gasteiger partial charge in [-0.25, -0.2) is 9.79 Å². The molecule has 0 radical (unpaired) electrons. The first-order valence-electron chi connectivity index (χ1n) is 8.65. The van der Waals surface area contributed by atoms with E-state index in [1.165, 1.54) is 11.8 Å². The van der Waals surface area contributed by atoms with Crippen molar-refractivity contribution in [2.45, 2.75) is 20.8 Å². The number of anilines is 1. The molecule has 0 aromatic heterocycles. The van der Waals surface area contributed by atoms with Gasteiger partial charge in [0.15, 0.2) is 5.17 Å². The van der Waals surface area contributed by atoms with Gasteiger partial charge in [0.1, 0.15) is 5.92 Å². The molecule has 0 aliphatic carbocycles. The second-order valence-electron chi connectivity index (χ2n) is 6.09. The third-order valence-corrected chi connectivity index (χ3v) is 6.18. The number of nitrogens with zero attached hydrogens (tertiary/aromatic N) is 2. The number of amidine groups is 1. The molecule has 28 heavy (non-hydrogen) atoms. The van der Waals surface area contributed by atoms with Crippen LogP contribution in [-0.4, -0.2) is 40.4 Å². The van der Waals surface area contributed by atoms with E-state index in [0.29, 0.717) is 23.0 Å². The lowest BCUT2D eigenvalue weighted by Gasteiger charge is -2.14. The Hall–Kier alpha value is -2.39. The molecule has 0 fully saturated rings. The number of hydrogen-bond donors (Lipinski definition) is 1. The number of amides is 2. The molecule has 1 N–H and O–H groups in total. The topological polar surface area (TPSA) is 97.2 Å². The molecule has 1 aromatic carbocycles. The van der Waals surface area contributed by atoms with Gasteiger partial charge in [-0.15, -0.1) is 0 Å². The summed E-state index contributed by atoms with van der Waals surface area (Å²) in [5.41, 5.74) is 1.97. The summed E-state index contributed by atoms with van der Waals surface area (Å²) in [6.45, 7) is 5.92. The molecule has 0 spiro atoms. The highest BCUT2D eigenvalue weighted by Crippen LogP contribution is 2.40. The first-order chi connectivity index (χ1) is 13.4. The molecular weight excluding hydrogens is 398 g/mol. The van der Waals surface area contributed by atoms with Gasteiger partial charge in [-0.1, -0.05) is 23.5 Å². The van der Waals surface area contributed by atoms with Crippen molar-refractivity contribution in [3.8, 4) is 0 Å². The summed E-state index contributed by atoms with van der Waals surface area (Å²) in [5, 5.41) is 3.77. The molecule has 1 atom stereocenters. The maximum Gasteiger partial charge on any atom is 0.338 e. The zero-order chi connectivity index (χ0) is 20.3. The van der Waals surface area contributed by atoms with E-state index in [1.807, 2.05) is 13.8 Å². The Bertz CT molecular complexity index is 920. The summed E-state index contributed by atoms with van der Waals surface area (Å²) in [6, 6.07) is 6.44. The normalized spacial score (nSPS) is 18.4. The molecule has 2 aliphatic rings. The van der Waals surface area contributed by atoms with Crippen molar-refractivity contribution < 1.29 is 19.1 Å². The monoisotopic (exact) mass is 417 g/mol. The number of carbonyl (C=O) groups is 3. The first-order valence-corrected chi connectivity index (χ1v) is 10.5. The van der Waals surface area contributed by atoms with Crippen LogP contribution in [0.5, 0.6) is 0 Å². The minimum Gasteiger partial charge on any atom is -0.462 e. The van der Waals surface area contributed by atoms with Crippen molar-refractivity contribution in [3.05, 3.63) is 40.3 Å². The van der Waals surface area contributed by atoms with Crippen molar-refractivity contribution in [2.24, 2.45) is 15.9 Å². The maximum atomic E-state index is 12.2. The zero-order valence-corrected chi connectivity index (χ0v) is 17.3. The van der Waals surface area contributed by atoms with Crippen LogP contribution in [0.3, 0.4) is 0 Å². The Morgan fingerprint density at radius 2 is 1.93 bits per heavy atom. The molecule has 2 aliphatic heterocycles. The van der Waals surface area contributed by atoms with Gasteiger partial charge in [0.25, 0.3) is 5.91 Å². The van der Waals surface area contributed by atoms with Crippen LogP contribution in [0.15, 0.2) is 44.7 Å². The summed E-state index contributed by atoms with van der Waals surface area (Å²) in [6.07, 6.45) is 0. The number of rotatable bonds is 5. The summed E-state index contributed by atoms with van der Waals surface area (Å²) in [4.78, 5) is 45.5. The van der Waals surface area contributed by atoms with Crippen molar-refractivity contribution in [2.75, 3.05) is 17.7 Å². The fourth-order valence-electron chi connectivity index (χ4n) is 2.64. The molecule has 146 valence electrons. The number of aliphatic imine (C=N–C) groups is 2. The van der Waals surface area contributed by atoms with E-state index in [-0.39, 0.29) is 23.5 Å². The van der Waals surface area contributed by atoms with Gasteiger partial charge < -0.3 is 10.1 Å². The van der Waals surface area contributed by atoms with Crippen molar-refractivity contribution in [1.29, 1.82) is 0 Å². The number of esters is 1. The van der Waals surface area contributed by atoms with E-state index in [2.05, 4.69) is 15.3 Å². The summed E-state index contributed by atoms with van der Waals surface area (Å²) in [7, 11) is 0. The van der Waals surface area contributed by atoms with Gasteiger partial charge in [0.05, 0.1) is 23.0 Å². The van der Waals surface area contributed by atoms with E-state index in [4.69, 9.17) is 4.74 Å². The van der Waals surface area contributed by atoms with Gasteiger partial charge in [-0.3, -0.25) is 9.59 Å². The average molecular weight is 418 g/mol. The Kier molecular flexibility index (Phi) is 6.35. The quantitative estimate of drug-likeness (QED) is 0.737. The van der Waals surface area contributed by atoms with Crippen LogP contribution in [-0.2, 0) is 14.3 Å². The average Bonchev–Trinajstić information content (AvgIpc) is 2.95. The zero-order valence-electron chi connectivity index (χ0n) is 15.6. The summed E-state index contributed by atoms with van der Waals surface area (Å²) >= 11 is 2.60. The smallest absolute Gasteiger partial charge is 0.338 e. The Morgan fingerprint density at radius 3 is 2.61 bits per heavy atom. The standard InChI is InChI=1S/C19H19N3O4S2/c1-4-26-18(25)12-5-7-13(8-6-12)20-14(23)9-27-19-21-16(24)15-10(2)11(3)28-17(15)22-19/h5-8,15H,4,9H2,1-3H3,(H,20,23). The molecule has 3 rings (SSSR count). The van der Waals surface area contributed by atoms with Crippen LogP contribution in [0, 0.1) is 5.92 Å². The van der Waals surface area contributed by atoms with E-state index in [9.17, 15) is 14.4 Å². The first kappa shape index (κ1) is 20.3. The second kappa shape index (κ2) is 8.74. The Balaban J connectivity index is 1.54. The summed E-state index contributed by atoms with van der Waals surface area (Å²) in [5.74, 6) is -1.18. The van der Waals surface area contributed by atoms with Crippen LogP contribution in [0.25, 0.3) is 0 Å². The third-order valence-electron chi connectivity index (χ3n) is 4.16. The number of thioether (sulfide) groups is 2. The lowest BCUT2D eigenvalue weighted by atomic mass is 10.0. The van der Waals surface area contributed by atoms with E-state index >= 15 is 0 Å². The highest BCUT2D eigenvalue weighted by atomic mass is 32.2. The molecule has 9 heteroatoms. The molecule has 0 saturated heterocycles. The number of fused-ring (bicyclic) bond motifs is 1. The minimum absolute atomic E-state index is 0.0727. The number of ether oxygens (including phenoxy) is 1. The highest BCUT2D eigenvalue weighted by molar-refractivity contribution is 8.18. The molecule has 0 bridgehead atoms. The highest BCUT2D eigenvalue weighted by Gasteiger charge is 2.36. The van der Waals surface area contributed by atoms with Crippen LogP contribution >= 0.6 is 23.5 Å². The molecular formula is C19H19N3O4S2. The van der Waals surface area contributed by atoms with E-state index < -0.39 is 5.97 Å². The molecule has 7 nitrogen and oxygen atoms in total. The fraction of sp³-hybridized carbons (Fsp3) is 0.316. The lowest BCUT2D eigenvalue weighted by molar-refractivity contribution is -0.118. The van der Waals surface area contributed by atoms with Gasteiger partial charge in [0, 0.05) is 5.69 Å². The van der Waals surface area contributed by atoms with Crippen LogP contribution in [0.1, 0.15) is 31.1 Å². The van der Waals surface area contributed by atoms with E-state index in [1.54, 1.807) is 31.2 Å². The van der Waals surface area contributed by atoms with Gasteiger partial charge in [0.2, 0.25) is 5.91 Å². The summed E-state index contributed by atoms with van der Waals surface area (Å²) < 4.78 is 4.92. The Labute approximate surface area is 171 Å². The molecule has 1 aromatic rings. The molecule has 0 saturated carbocycles. The molecule has 1 unspecified atom stereocenters. The van der Waals surface area contributed by atoms with Crippen LogP contribution in [0.4, 0.5) is 5.69 Å². The number of nitrogens with one attached hydrogen (secondary N) is 1.